The minimum atomic E-state index is 0.497. The molecule has 0 bridgehead atoms. The van der Waals surface area contributed by atoms with E-state index < -0.39 is 0 Å². The lowest BCUT2D eigenvalue weighted by molar-refractivity contribution is 0.400. The van der Waals surface area contributed by atoms with Crippen LogP contribution in [-0.4, -0.2) is 24.3 Å². The topological polar surface area (TPSA) is 73.2 Å². The molecule has 0 spiro atoms. The Labute approximate surface area is 163 Å². The van der Waals surface area contributed by atoms with Gasteiger partial charge in [0, 0.05) is 54.3 Å². The van der Waals surface area contributed by atoms with Crippen LogP contribution >= 0.6 is 0 Å². The summed E-state index contributed by atoms with van der Waals surface area (Å²) in [5, 5.41) is 12.1. The fraction of sp³-hybridized carbons (Fsp3) is 0.381. The first-order valence-electron chi connectivity index (χ1n) is 9.89. The van der Waals surface area contributed by atoms with E-state index >= 15 is 0 Å². The zero-order valence-corrected chi connectivity index (χ0v) is 16.2. The first kappa shape index (κ1) is 17.0. The Morgan fingerprint density at radius 2 is 2.04 bits per heavy atom. The minimum absolute atomic E-state index is 0.497. The lowest BCUT2D eigenvalue weighted by Gasteiger charge is -2.22. The summed E-state index contributed by atoms with van der Waals surface area (Å²) < 4.78 is 9.11. The summed E-state index contributed by atoms with van der Waals surface area (Å²) in [6, 6.07) is 6.10. The van der Waals surface area contributed by atoms with Crippen LogP contribution in [0.15, 0.2) is 41.3 Å². The predicted molar refractivity (Wildman–Crippen MR) is 108 cm³/mol. The van der Waals surface area contributed by atoms with Gasteiger partial charge >= 0.3 is 0 Å². The number of fused-ring (bicyclic) bond motifs is 1. The third-order valence-electron chi connectivity index (χ3n) is 5.54. The Kier molecular flexibility index (Phi) is 4.15. The van der Waals surface area contributed by atoms with Gasteiger partial charge in [-0.25, -0.2) is 4.98 Å². The second-order valence-corrected chi connectivity index (χ2v) is 7.71. The normalized spacial score (nSPS) is 15.4. The minimum Gasteiger partial charge on any atom is -0.360 e. The van der Waals surface area contributed by atoms with Gasteiger partial charge in [-0.15, -0.1) is 0 Å². The fourth-order valence-electron chi connectivity index (χ4n) is 4.10. The molecule has 4 aromatic rings. The number of nitrogens with one attached hydrogen (secondary N) is 1. The first-order chi connectivity index (χ1) is 13.7. The molecular formula is C21H24N6O. The molecule has 7 heteroatoms. The van der Waals surface area contributed by atoms with Crippen LogP contribution in [0.4, 0.5) is 11.6 Å². The third kappa shape index (κ3) is 3.06. The predicted octanol–water partition coefficient (Wildman–Crippen LogP) is 4.82. The van der Waals surface area contributed by atoms with Gasteiger partial charge in [-0.2, -0.15) is 9.61 Å². The molecule has 0 aromatic carbocycles. The molecule has 1 saturated carbocycles. The summed E-state index contributed by atoms with van der Waals surface area (Å²) >= 11 is 0. The first-order valence-corrected chi connectivity index (χ1v) is 9.89. The lowest BCUT2D eigenvalue weighted by atomic mass is 9.87. The molecule has 0 atom stereocenters. The Balaban J connectivity index is 1.64. The molecule has 28 heavy (non-hydrogen) atoms. The Morgan fingerprint density at radius 1 is 1.18 bits per heavy atom. The summed E-state index contributed by atoms with van der Waals surface area (Å²) in [4.78, 5) is 5.06. The zero-order chi connectivity index (χ0) is 19.1. The number of hydrogen-bond acceptors (Lipinski definition) is 5. The Morgan fingerprint density at radius 3 is 2.75 bits per heavy atom. The van der Waals surface area contributed by atoms with E-state index in [1.165, 1.54) is 32.1 Å². The Hall–Kier alpha value is -3.09. The number of nitrogens with zero attached hydrogens (tertiary/aromatic N) is 5. The Bertz CT molecular complexity index is 1120. The van der Waals surface area contributed by atoms with Gasteiger partial charge in [0.2, 0.25) is 0 Å². The molecular weight excluding hydrogens is 352 g/mol. The van der Waals surface area contributed by atoms with E-state index in [1.54, 1.807) is 0 Å². The van der Waals surface area contributed by atoms with Gasteiger partial charge < -0.3 is 14.4 Å². The summed E-state index contributed by atoms with van der Waals surface area (Å²) in [7, 11) is 2.02. The molecule has 5 rings (SSSR count). The van der Waals surface area contributed by atoms with Crippen molar-refractivity contribution in [2.24, 2.45) is 7.05 Å². The van der Waals surface area contributed by atoms with Crippen LogP contribution in [0.5, 0.6) is 0 Å². The van der Waals surface area contributed by atoms with Crippen LogP contribution in [0.3, 0.4) is 0 Å². The highest BCUT2D eigenvalue weighted by Crippen LogP contribution is 2.35. The molecule has 1 N–H and O–H groups in total. The molecule has 1 aliphatic rings. The molecule has 0 saturated heterocycles. The molecule has 0 amide bonds. The number of anilines is 2. The smallest absolute Gasteiger partial charge is 0.175 e. The van der Waals surface area contributed by atoms with Crippen LogP contribution in [0.25, 0.3) is 16.8 Å². The van der Waals surface area contributed by atoms with E-state index in [9.17, 15) is 0 Å². The van der Waals surface area contributed by atoms with Gasteiger partial charge in [-0.05, 0) is 25.8 Å². The van der Waals surface area contributed by atoms with Crippen molar-refractivity contribution >= 4 is 17.3 Å². The van der Waals surface area contributed by atoms with E-state index in [1.807, 2.05) is 41.5 Å². The summed E-state index contributed by atoms with van der Waals surface area (Å²) in [5.41, 5.74) is 4.16. The van der Waals surface area contributed by atoms with Crippen LogP contribution in [-0.2, 0) is 7.05 Å². The van der Waals surface area contributed by atoms with Crippen molar-refractivity contribution in [1.82, 2.24) is 24.3 Å². The maximum absolute atomic E-state index is 5.21. The zero-order valence-electron chi connectivity index (χ0n) is 16.2. The van der Waals surface area contributed by atoms with Crippen molar-refractivity contribution in [2.75, 3.05) is 5.32 Å². The van der Waals surface area contributed by atoms with Crippen molar-refractivity contribution in [1.29, 1.82) is 0 Å². The van der Waals surface area contributed by atoms with E-state index in [0.717, 1.165) is 34.0 Å². The van der Waals surface area contributed by atoms with Crippen molar-refractivity contribution in [3.8, 4) is 11.1 Å². The molecule has 7 nitrogen and oxygen atoms in total. The van der Waals surface area contributed by atoms with Gasteiger partial charge in [-0.1, -0.05) is 24.4 Å². The molecule has 4 aromatic heterocycles. The SMILES string of the molecule is Cc1cc(Nc2cc(C3CCCCC3)nc3c(-c4ccn(C)c4)cnn23)no1. The monoisotopic (exact) mass is 376 g/mol. The molecule has 1 fully saturated rings. The standard InChI is InChI=1S/C21H24N6O/c1-14-10-19(25-28-14)24-20-11-18(15-6-4-3-5-7-15)23-21-17(12-22-27(20)21)16-8-9-26(2)13-16/h8-13,15H,3-7H2,1-2H3,(H,24,25). The number of hydrogen-bond donors (Lipinski definition) is 1. The van der Waals surface area contributed by atoms with E-state index in [0.29, 0.717) is 11.7 Å². The maximum Gasteiger partial charge on any atom is 0.175 e. The summed E-state index contributed by atoms with van der Waals surface area (Å²) in [6.07, 6.45) is 12.3. The van der Waals surface area contributed by atoms with Gasteiger partial charge in [0.15, 0.2) is 11.5 Å². The van der Waals surface area contributed by atoms with Crippen LogP contribution in [0.2, 0.25) is 0 Å². The number of aromatic nitrogens is 5. The highest BCUT2D eigenvalue weighted by Gasteiger charge is 2.21. The maximum atomic E-state index is 5.21. The summed E-state index contributed by atoms with van der Waals surface area (Å²) in [6.45, 7) is 1.88. The third-order valence-corrected chi connectivity index (χ3v) is 5.54. The number of aryl methyl sites for hydroxylation is 2. The van der Waals surface area contributed by atoms with E-state index in [4.69, 9.17) is 9.51 Å². The molecule has 0 unspecified atom stereocenters. The van der Waals surface area contributed by atoms with Crippen molar-refractivity contribution in [3.63, 3.8) is 0 Å². The highest BCUT2D eigenvalue weighted by atomic mass is 16.5. The van der Waals surface area contributed by atoms with Gasteiger partial charge in [0.25, 0.3) is 0 Å². The van der Waals surface area contributed by atoms with Crippen LogP contribution in [0, 0.1) is 6.92 Å². The largest absolute Gasteiger partial charge is 0.360 e. The lowest BCUT2D eigenvalue weighted by Crippen LogP contribution is -2.10. The van der Waals surface area contributed by atoms with Gasteiger partial charge in [0.05, 0.1) is 6.20 Å². The number of rotatable bonds is 4. The van der Waals surface area contributed by atoms with E-state index in [2.05, 4.69) is 33.9 Å². The second-order valence-electron chi connectivity index (χ2n) is 7.71. The molecule has 1 aliphatic carbocycles. The molecule has 4 heterocycles. The molecule has 0 radical (unpaired) electrons. The van der Waals surface area contributed by atoms with Crippen LogP contribution < -0.4 is 5.32 Å². The quantitative estimate of drug-likeness (QED) is 0.553. The highest BCUT2D eigenvalue weighted by molar-refractivity contribution is 5.78. The van der Waals surface area contributed by atoms with Crippen LogP contribution in [0.1, 0.15) is 49.5 Å². The second kappa shape index (κ2) is 6.82. The van der Waals surface area contributed by atoms with Crippen molar-refractivity contribution in [2.45, 2.75) is 44.9 Å². The van der Waals surface area contributed by atoms with Crippen molar-refractivity contribution in [3.05, 3.63) is 48.2 Å². The fourth-order valence-corrected chi connectivity index (χ4v) is 4.10. The average molecular weight is 376 g/mol. The molecule has 144 valence electrons. The van der Waals surface area contributed by atoms with Gasteiger partial charge in [-0.3, -0.25) is 0 Å². The molecule has 0 aliphatic heterocycles. The average Bonchev–Trinajstić information content (AvgIpc) is 3.42. The van der Waals surface area contributed by atoms with Gasteiger partial charge in [0.1, 0.15) is 11.6 Å². The van der Waals surface area contributed by atoms with E-state index in [-0.39, 0.29) is 0 Å². The van der Waals surface area contributed by atoms with Crippen molar-refractivity contribution < 1.29 is 4.52 Å². The summed E-state index contributed by atoms with van der Waals surface area (Å²) in [5.74, 6) is 2.81.